The fraction of sp³-hybridized carbons (Fsp3) is 0.875. The van der Waals surface area contributed by atoms with Crippen LogP contribution in [0.25, 0.3) is 0 Å². The van der Waals surface area contributed by atoms with Crippen molar-refractivity contribution in [2.45, 2.75) is 77.0 Å². The molecule has 1 saturated heterocycles. The monoisotopic (exact) mass is 296 g/mol. The van der Waals surface area contributed by atoms with Crippen LogP contribution >= 0.6 is 0 Å². The van der Waals surface area contributed by atoms with E-state index in [2.05, 4.69) is 10.2 Å². The van der Waals surface area contributed by atoms with Crippen molar-refractivity contribution in [3.8, 4) is 0 Å². The number of likely N-dealkylation sites (tertiary alicyclic amines) is 1. The van der Waals surface area contributed by atoms with Crippen molar-refractivity contribution in [3.63, 3.8) is 0 Å². The molecule has 5 heteroatoms. The number of piperidine rings is 1. The Kier molecular flexibility index (Phi) is 5.25. The molecule has 1 amide bonds. The predicted octanol–water partition coefficient (Wildman–Crippen LogP) is 2.49. The number of carbonyl (C=O) groups is 2. The Morgan fingerprint density at radius 2 is 1.71 bits per heavy atom. The number of amides is 1. The highest BCUT2D eigenvalue weighted by Gasteiger charge is 2.29. The Labute approximate surface area is 127 Å². The summed E-state index contributed by atoms with van der Waals surface area (Å²) in [6, 6.07) is 0.770. The van der Waals surface area contributed by atoms with Gasteiger partial charge in [0.2, 0.25) is 0 Å². The Morgan fingerprint density at radius 1 is 1.14 bits per heavy atom. The number of rotatable bonds is 2. The van der Waals surface area contributed by atoms with Crippen molar-refractivity contribution in [1.82, 2.24) is 10.2 Å². The zero-order chi connectivity index (χ0) is 15.5. The van der Waals surface area contributed by atoms with Crippen LogP contribution in [0.3, 0.4) is 0 Å². The lowest BCUT2D eigenvalue weighted by atomic mass is 9.91. The van der Waals surface area contributed by atoms with Crippen LogP contribution in [0.5, 0.6) is 0 Å². The van der Waals surface area contributed by atoms with E-state index in [-0.39, 0.29) is 12.1 Å². The average Bonchev–Trinajstić information content (AvgIpc) is 2.38. The maximum Gasteiger partial charge on any atom is 0.407 e. The van der Waals surface area contributed by atoms with Crippen molar-refractivity contribution >= 4 is 11.9 Å². The first-order valence-electron chi connectivity index (χ1n) is 8.09. The Morgan fingerprint density at radius 3 is 2.24 bits per heavy atom. The number of Topliss-reactive ketones (excluding diaryl/α,β-unsaturated/α-hetero) is 1. The Hall–Kier alpha value is -1.10. The molecule has 0 radical (unpaired) electrons. The lowest BCUT2D eigenvalue weighted by molar-refractivity contribution is -0.121. The molecule has 1 aliphatic carbocycles. The van der Waals surface area contributed by atoms with Gasteiger partial charge >= 0.3 is 6.09 Å². The van der Waals surface area contributed by atoms with Gasteiger partial charge in [0.25, 0.3) is 0 Å². The molecule has 0 aromatic carbocycles. The molecule has 0 atom stereocenters. The maximum atomic E-state index is 11.8. The summed E-state index contributed by atoms with van der Waals surface area (Å²) in [5.41, 5.74) is -0.445. The maximum absolute atomic E-state index is 11.8. The van der Waals surface area contributed by atoms with Crippen molar-refractivity contribution in [2.24, 2.45) is 0 Å². The number of carbonyl (C=O) groups excluding carboxylic acids is 2. The van der Waals surface area contributed by atoms with Crippen LogP contribution in [-0.4, -0.2) is 47.6 Å². The molecule has 0 unspecified atom stereocenters. The van der Waals surface area contributed by atoms with Gasteiger partial charge in [0.15, 0.2) is 0 Å². The van der Waals surface area contributed by atoms with E-state index in [9.17, 15) is 9.59 Å². The second-order valence-corrected chi connectivity index (χ2v) is 7.23. The molecular formula is C16H28N2O3. The van der Waals surface area contributed by atoms with Crippen molar-refractivity contribution in [2.75, 3.05) is 13.1 Å². The minimum atomic E-state index is -0.445. The number of ether oxygens (including phenoxy) is 1. The molecule has 2 rings (SSSR count). The van der Waals surface area contributed by atoms with E-state index < -0.39 is 5.60 Å². The quantitative estimate of drug-likeness (QED) is 0.850. The molecule has 1 aliphatic heterocycles. The highest BCUT2D eigenvalue weighted by Crippen LogP contribution is 2.24. The number of hydrogen-bond donors (Lipinski definition) is 1. The molecule has 5 nitrogen and oxygen atoms in total. The predicted molar refractivity (Wildman–Crippen MR) is 81.2 cm³/mol. The number of nitrogens with one attached hydrogen (secondary N) is 1. The second kappa shape index (κ2) is 6.77. The van der Waals surface area contributed by atoms with E-state index in [4.69, 9.17) is 4.74 Å². The van der Waals surface area contributed by atoms with Crippen molar-refractivity contribution in [1.29, 1.82) is 0 Å². The molecule has 0 aromatic rings. The van der Waals surface area contributed by atoms with E-state index in [0.29, 0.717) is 11.8 Å². The van der Waals surface area contributed by atoms with Crippen LogP contribution in [0, 0.1) is 0 Å². The molecule has 1 saturated carbocycles. The third-order valence-electron chi connectivity index (χ3n) is 4.28. The summed E-state index contributed by atoms with van der Waals surface area (Å²) in [5, 5.41) is 2.96. The number of ketones is 1. The van der Waals surface area contributed by atoms with E-state index in [1.54, 1.807) is 0 Å². The molecule has 2 aliphatic rings. The summed E-state index contributed by atoms with van der Waals surface area (Å²) in [6.45, 7) is 7.62. The first kappa shape index (κ1) is 16.3. The normalized spacial score (nSPS) is 23.1. The minimum Gasteiger partial charge on any atom is -0.444 e. The summed E-state index contributed by atoms with van der Waals surface area (Å²) in [6.07, 6.45) is 5.09. The van der Waals surface area contributed by atoms with Gasteiger partial charge in [-0.15, -0.1) is 0 Å². The standard InChI is InChI=1S/C16H28N2O3/c1-16(2,3)21-15(20)17-12-8-10-18(11-9-12)13-4-6-14(19)7-5-13/h12-13H,4-11H2,1-3H3,(H,17,20). The van der Waals surface area contributed by atoms with Crippen molar-refractivity contribution < 1.29 is 14.3 Å². The highest BCUT2D eigenvalue weighted by atomic mass is 16.6. The van der Waals surface area contributed by atoms with E-state index in [1.165, 1.54) is 0 Å². The summed E-state index contributed by atoms with van der Waals surface area (Å²) in [4.78, 5) is 25.5. The SMILES string of the molecule is CC(C)(C)OC(=O)NC1CCN(C2CCC(=O)CC2)CC1. The summed E-state index contributed by atoms with van der Waals surface area (Å²) in [5.74, 6) is 0.410. The van der Waals surface area contributed by atoms with Gasteiger partial charge in [-0.3, -0.25) is 4.79 Å². The minimum absolute atomic E-state index is 0.210. The molecule has 1 N–H and O–H groups in total. The molecule has 0 spiro atoms. The van der Waals surface area contributed by atoms with Crippen LogP contribution < -0.4 is 5.32 Å². The highest BCUT2D eigenvalue weighted by molar-refractivity contribution is 5.79. The lowest BCUT2D eigenvalue weighted by Crippen LogP contribution is -2.49. The third-order valence-corrected chi connectivity index (χ3v) is 4.28. The molecule has 0 aromatic heterocycles. The first-order valence-corrected chi connectivity index (χ1v) is 8.09. The number of alkyl carbamates (subject to hydrolysis) is 1. The van der Waals surface area contributed by atoms with Gasteiger partial charge < -0.3 is 15.0 Å². The molecular weight excluding hydrogens is 268 g/mol. The van der Waals surface area contributed by atoms with Gasteiger partial charge in [0, 0.05) is 38.0 Å². The Balaban J connectivity index is 1.71. The summed E-state index contributed by atoms with van der Waals surface area (Å²) in [7, 11) is 0. The van der Waals surface area contributed by atoms with E-state index in [1.807, 2.05) is 20.8 Å². The fourth-order valence-corrected chi connectivity index (χ4v) is 3.17. The van der Waals surface area contributed by atoms with Crippen LogP contribution in [0.4, 0.5) is 4.79 Å². The van der Waals surface area contributed by atoms with Gasteiger partial charge in [-0.2, -0.15) is 0 Å². The van der Waals surface area contributed by atoms with Crippen LogP contribution in [0.2, 0.25) is 0 Å². The van der Waals surface area contributed by atoms with Gasteiger partial charge in [-0.1, -0.05) is 0 Å². The van der Waals surface area contributed by atoms with Gasteiger partial charge in [0.1, 0.15) is 11.4 Å². The zero-order valence-corrected chi connectivity index (χ0v) is 13.5. The van der Waals surface area contributed by atoms with E-state index in [0.717, 1.165) is 51.6 Å². The van der Waals surface area contributed by atoms with Crippen LogP contribution in [0.15, 0.2) is 0 Å². The Bertz CT molecular complexity index is 371. The van der Waals surface area contributed by atoms with Gasteiger partial charge in [-0.05, 0) is 46.5 Å². The molecule has 2 fully saturated rings. The molecule has 21 heavy (non-hydrogen) atoms. The zero-order valence-electron chi connectivity index (χ0n) is 13.5. The number of hydrogen-bond acceptors (Lipinski definition) is 4. The van der Waals surface area contributed by atoms with E-state index >= 15 is 0 Å². The first-order chi connectivity index (χ1) is 9.83. The molecule has 120 valence electrons. The van der Waals surface area contributed by atoms with Gasteiger partial charge in [-0.25, -0.2) is 4.79 Å². The lowest BCUT2D eigenvalue weighted by Gasteiger charge is -2.39. The van der Waals surface area contributed by atoms with Crippen LogP contribution in [0.1, 0.15) is 59.3 Å². The average molecular weight is 296 g/mol. The smallest absolute Gasteiger partial charge is 0.407 e. The number of nitrogens with zero attached hydrogens (tertiary/aromatic N) is 1. The van der Waals surface area contributed by atoms with Gasteiger partial charge in [0.05, 0.1) is 0 Å². The topological polar surface area (TPSA) is 58.6 Å². The largest absolute Gasteiger partial charge is 0.444 e. The second-order valence-electron chi connectivity index (χ2n) is 7.23. The third kappa shape index (κ3) is 5.30. The molecule has 1 heterocycles. The summed E-state index contributed by atoms with van der Waals surface area (Å²) >= 11 is 0. The van der Waals surface area contributed by atoms with Crippen molar-refractivity contribution in [3.05, 3.63) is 0 Å². The summed E-state index contributed by atoms with van der Waals surface area (Å²) < 4.78 is 5.29. The van der Waals surface area contributed by atoms with Crippen LogP contribution in [-0.2, 0) is 9.53 Å². The molecule has 0 bridgehead atoms. The fourth-order valence-electron chi connectivity index (χ4n) is 3.17.